The number of nitrogens with one attached hydrogen (secondary N) is 1. The zero-order valence-corrected chi connectivity index (χ0v) is 14.6. The average molecular weight is 332 g/mol. The van der Waals surface area contributed by atoms with Gasteiger partial charge in [0.25, 0.3) is 5.91 Å². The Bertz CT molecular complexity index is 705. The molecule has 0 radical (unpaired) electrons. The van der Waals surface area contributed by atoms with Crippen molar-refractivity contribution in [2.75, 3.05) is 6.54 Å². The van der Waals surface area contributed by atoms with E-state index in [2.05, 4.69) is 5.32 Å². The first kappa shape index (κ1) is 18.2. The van der Waals surface area contributed by atoms with Crippen molar-refractivity contribution in [1.29, 1.82) is 0 Å². The Morgan fingerprint density at radius 3 is 2.46 bits per heavy atom. The molecule has 2 aromatic rings. The Balaban J connectivity index is 2.16. The van der Waals surface area contributed by atoms with Crippen molar-refractivity contribution in [3.05, 3.63) is 53.1 Å². The van der Waals surface area contributed by atoms with Crippen molar-refractivity contribution >= 4 is 5.91 Å². The molecule has 0 bridgehead atoms. The maximum absolute atomic E-state index is 13.1. The monoisotopic (exact) mass is 332 g/mol. The quantitative estimate of drug-likeness (QED) is 0.852. The minimum atomic E-state index is -0.375. The molecule has 2 rings (SSSR count). The van der Waals surface area contributed by atoms with Gasteiger partial charge in [-0.3, -0.25) is 4.79 Å². The Kier molecular flexibility index (Phi) is 5.78. The van der Waals surface area contributed by atoms with Crippen LogP contribution in [0.25, 0.3) is 5.69 Å². The Morgan fingerprint density at radius 1 is 1.25 bits per heavy atom. The third kappa shape index (κ3) is 4.23. The van der Waals surface area contributed by atoms with Gasteiger partial charge in [-0.15, -0.1) is 0 Å². The molecule has 5 heteroatoms. The van der Waals surface area contributed by atoms with E-state index in [-0.39, 0.29) is 23.7 Å². The number of rotatable bonds is 6. The highest BCUT2D eigenvalue weighted by Gasteiger charge is 2.17. The molecule has 2 unspecified atom stereocenters. The summed E-state index contributed by atoms with van der Waals surface area (Å²) < 4.78 is 15.1. The van der Waals surface area contributed by atoms with Crippen molar-refractivity contribution in [2.24, 2.45) is 5.92 Å². The van der Waals surface area contributed by atoms with E-state index in [1.165, 1.54) is 12.1 Å². The van der Waals surface area contributed by atoms with E-state index in [1.54, 1.807) is 19.1 Å². The predicted molar refractivity (Wildman–Crippen MR) is 93.0 cm³/mol. The second-order valence-electron chi connectivity index (χ2n) is 6.50. The number of aromatic nitrogens is 1. The van der Waals surface area contributed by atoms with Gasteiger partial charge in [0, 0.05) is 23.6 Å². The molecule has 0 spiro atoms. The number of halogens is 1. The van der Waals surface area contributed by atoms with Crippen LogP contribution in [0.4, 0.5) is 4.39 Å². The van der Waals surface area contributed by atoms with E-state index in [1.807, 2.05) is 31.4 Å². The Morgan fingerprint density at radius 2 is 1.88 bits per heavy atom. The number of carbonyl (C=O) groups is 1. The lowest BCUT2D eigenvalue weighted by Crippen LogP contribution is -2.29. The number of aliphatic hydroxyl groups excluding tert-OH is 1. The summed E-state index contributed by atoms with van der Waals surface area (Å²) in [5.41, 5.74) is 3.18. The number of carbonyl (C=O) groups excluding carboxylic acids is 1. The predicted octanol–water partition coefficient (Wildman–Crippen LogP) is 3.37. The summed E-state index contributed by atoms with van der Waals surface area (Å²) in [7, 11) is 0. The van der Waals surface area contributed by atoms with E-state index < -0.39 is 0 Å². The number of nitrogens with zero attached hydrogens (tertiary/aromatic N) is 1. The molecule has 0 fully saturated rings. The molecule has 0 saturated heterocycles. The smallest absolute Gasteiger partial charge is 0.253 e. The minimum absolute atomic E-state index is 0.131. The summed E-state index contributed by atoms with van der Waals surface area (Å²) in [6.07, 6.45) is 0.273. The maximum atomic E-state index is 13.1. The zero-order valence-electron chi connectivity index (χ0n) is 14.6. The van der Waals surface area contributed by atoms with Crippen LogP contribution in [0, 0.1) is 25.6 Å². The van der Waals surface area contributed by atoms with Crippen LogP contribution in [-0.4, -0.2) is 28.2 Å². The molecule has 130 valence electrons. The normalized spacial score (nSPS) is 13.6. The van der Waals surface area contributed by atoms with Gasteiger partial charge < -0.3 is 15.0 Å². The van der Waals surface area contributed by atoms with Gasteiger partial charge in [-0.1, -0.05) is 6.92 Å². The van der Waals surface area contributed by atoms with Crippen molar-refractivity contribution in [3.63, 3.8) is 0 Å². The summed E-state index contributed by atoms with van der Waals surface area (Å²) in [6, 6.07) is 8.05. The van der Waals surface area contributed by atoms with Gasteiger partial charge >= 0.3 is 0 Å². The molecule has 0 aliphatic rings. The summed E-state index contributed by atoms with van der Waals surface area (Å²) in [5.74, 6) is -0.213. The van der Waals surface area contributed by atoms with Crippen LogP contribution in [0.1, 0.15) is 42.0 Å². The highest BCUT2D eigenvalue weighted by molar-refractivity contribution is 5.95. The molecule has 2 N–H and O–H groups in total. The molecule has 0 aliphatic carbocycles. The molecular formula is C19H25FN2O2. The zero-order chi connectivity index (χ0) is 17.9. The van der Waals surface area contributed by atoms with Crippen molar-refractivity contribution < 1.29 is 14.3 Å². The second kappa shape index (κ2) is 7.62. The lowest BCUT2D eigenvalue weighted by atomic mass is 10.0. The SMILES string of the molecule is Cc1cc(C(=O)NCC(C)CC(C)O)c(C)n1-c1ccc(F)cc1. The van der Waals surface area contributed by atoms with Crippen LogP contribution in [0.5, 0.6) is 0 Å². The van der Waals surface area contributed by atoms with Crippen LogP contribution < -0.4 is 5.32 Å². The number of benzene rings is 1. The van der Waals surface area contributed by atoms with Crippen LogP contribution in [0.15, 0.2) is 30.3 Å². The van der Waals surface area contributed by atoms with Crippen molar-refractivity contribution in [3.8, 4) is 5.69 Å². The van der Waals surface area contributed by atoms with E-state index in [0.29, 0.717) is 18.5 Å². The van der Waals surface area contributed by atoms with Crippen LogP contribution in [0.3, 0.4) is 0 Å². The average Bonchev–Trinajstić information content (AvgIpc) is 2.80. The summed E-state index contributed by atoms with van der Waals surface area (Å²) in [4.78, 5) is 12.5. The van der Waals surface area contributed by atoms with E-state index >= 15 is 0 Å². The largest absolute Gasteiger partial charge is 0.393 e. The van der Waals surface area contributed by atoms with Crippen LogP contribution >= 0.6 is 0 Å². The lowest BCUT2D eigenvalue weighted by molar-refractivity contribution is 0.0939. The number of aliphatic hydroxyl groups is 1. The van der Waals surface area contributed by atoms with E-state index in [4.69, 9.17) is 0 Å². The molecular weight excluding hydrogens is 307 g/mol. The first-order valence-corrected chi connectivity index (χ1v) is 8.20. The lowest BCUT2D eigenvalue weighted by Gasteiger charge is -2.14. The minimum Gasteiger partial charge on any atom is -0.393 e. The van der Waals surface area contributed by atoms with E-state index in [0.717, 1.165) is 17.1 Å². The number of hydrogen-bond acceptors (Lipinski definition) is 2. The fraction of sp³-hybridized carbons (Fsp3) is 0.421. The fourth-order valence-corrected chi connectivity index (χ4v) is 3.01. The van der Waals surface area contributed by atoms with Crippen molar-refractivity contribution in [1.82, 2.24) is 9.88 Å². The van der Waals surface area contributed by atoms with Gasteiger partial charge in [-0.2, -0.15) is 0 Å². The first-order chi connectivity index (χ1) is 11.3. The molecule has 1 aromatic carbocycles. The molecule has 1 heterocycles. The van der Waals surface area contributed by atoms with E-state index in [9.17, 15) is 14.3 Å². The molecule has 0 aliphatic heterocycles. The van der Waals surface area contributed by atoms with Gasteiger partial charge in [0.1, 0.15) is 5.82 Å². The molecule has 24 heavy (non-hydrogen) atoms. The molecule has 1 amide bonds. The van der Waals surface area contributed by atoms with Gasteiger partial charge in [0.2, 0.25) is 0 Å². The third-order valence-electron chi connectivity index (χ3n) is 4.12. The maximum Gasteiger partial charge on any atom is 0.253 e. The standard InChI is InChI=1S/C19H25FN2O2/c1-12(9-14(3)23)11-21-19(24)18-10-13(2)22(15(18)4)17-7-5-16(20)6-8-17/h5-8,10,12,14,23H,9,11H2,1-4H3,(H,21,24). The van der Waals surface area contributed by atoms with Gasteiger partial charge in [-0.05, 0) is 63.4 Å². The Labute approximate surface area is 142 Å². The van der Waals surface area contributed by atoms with Gasteiger partial charge in [0.05, 0.1) is 11.7 Å². The van der Waals surface area contributed by atoms with Crippen LogP contribution in [0.2, 0.25) is 0 Å². The highest BCUT2D eigenvalue weighted by Crippen LogP contribution is 2.21. The number of amides is 1. The summed E-state index contributed by atoms with van der Waals surface area (Å²) >= 11 is 0. The molecule has 1 aromatic heterocycles. The summed E-state index contributed by atoms with van der Waals surface area (Å²) in [6.45, 7) is 8.06. The third-order valence-corrected chi connectivity index (χ3v) is 4.12. The number of hydrogen-bond donors (Lipinski definition) is 2. The Hall–Kier alpha value is -2.14. The number of aryl methyl sites for hydroxylation is 1. The molecule has 2 atom stereocenters. The highest BCUT2D eigenvalue weighted by atomic mass is 19.1. The van der Waals surface area contributed by atoms with Crippen LogP contribution in [-0.2, 0) is 0 Å². The van der Waals surface area contributed by atoms with Gasteiger partial charge in [-0.25, -0.2) is 4.39 Å². The van der Waals surface area contributed by atoms with Crippen molar-refractivity contribution in [2.45, 2.75) is 40.2 Å². The fourth-order valence-electron chi connectivity index (χ4n) is 3.01. The second-order valence-corrected chi connectivity index (χ2v) is 6.50. The first-order valence-electron chi connectivity index (χ1n) is 8.20. The summed E-state index contributed by atoms with van der Waals surface area (Å²) in [5, 5.41) is 12.3. The molecule has 4 nitrogen and oxygen atoms in total. The molecule has 0 saturated carbocycles. The topological polar surface area (TPSA) is 54.3 Å². The van der Waals surface area contributed by atoms with Gasteiger partial charge in [0.15, 0.2) is 0 Å².